The summed E-state index contributed by atoms with van der Waals surface area (Å²) in [5.74, 6) is 1.20. The number of hydrogen-bond acceptors (Lipinski definition) is 6. The minimum absolute atomic E-state index is 0.184. The lowest BCUT2D eigenvalue weighted by atomic mass is 10.2. The van der Waals surface area contributed by atoms with Gasteiger partial charge in [0.2, 0.25) is 11.8 Å². The highest BCUT2D eigenvalue weighted by molar-refractivity contribution is 8.00. The largest absolute Gasteiger partial charge is 0.497 e. The van der Waals surface area contributed by atoms with Gasteiger partial charge >= 0.3 is 0 Å². The Labute approximate surface area is 127 Å². The zero-order valence-electron chi connectivity index (χ0n) is 12.0. The molecule has 21 heavy (non-hydrogen) atoms. The predicted octanol–water partition coefficient (Wildman–Crippen LogP) is 1.03. The van der Waals surface area contributed by atoms with Crippen molar-refractivity contribution in [3.63, 3.8) is 0 Å². The smallest absolute Gasteiger partial charge is 0.247 e. The molecule has 1 unspecified atom stereocenters. The highest BCUT2D eigenvalue weighted by atomic mass is 32.2. The van der Waals surface area contributed by atoms with Crippen LogP contribution in [0.3, 0.4) is 0 Å². The molecule has 0 aliphatic carbocycles. The summed E-state index contributed by atoms with van der Waals surface area (Å²) in [7, 11) is 3.02. The Morgan fingerprint density at radius 1 is 1.33 bits per heavy atom. The summed E-state index contributed by atoms with van der Waals surface area (Å²) in [5.41, 5.74) is 5.87. The van der Waals surface area contributed by atoms with Gasteiger partial charge in [0, 0.05) is 24.8 Å². The fourth-order valence-corrected chi connectivity index (χ4v) is 3.10. The van der Waals surface area contributed by atoms with Gasteiger partial charge in [-0.15, -0.1) is 11.8 Å². The van der Waals surface area contributed by atoms with E-state index in [2.05, 4.69) is 0 Å². The van der Waals surface area contributed by atoms with E-state index in [1.54, 1.807) is 18.2 Å². The molecule has 0 aromatic heterocycles. The summed E-state index contributed by atoms with van der Waals surface area (Å²) in [4.78, 5) is 25.8. The molecule has 2 amide bonds. The van der Waals surface area contributed by atoms with Crippen molar-refractivity contribution in [1.82, 2.24) is 0 Å². The Morgan fingerprint density at radius 2 is 2.10 bits per heavy atom. The van der Waals surface area contributed by atoms with Crippen molar-refractivity contribution in [2.24, 2.45) is 5.73 Å². The van der Waals surface area contributed by atoms with E-state index in [0.29, 0.717) is 29.5 Å². The third kappa shape index (κ3) is 3.14. The maximum atomic E-state index is 12.4. The number of thioether (sulfide) groups is 1. The molecule has 1 saturated heterocycles. The van der Waals surface area contributed by atoms with Crippen molar-refractivity contribution in [3.8, 4) is 11.5 Å². The molecule has 1 aliphatic heterocycles. The number of amides is 2. The molecular formula is C14H18N2O4S. The number of rotatable bonds is 6. The first kappa shape index (κ1) is 15.7. The van der Waals surface area contributed by atoms with Gasteiger partial charge in [0.25, 0.3) is 0 Å². The van der Waals surface area contributed by atoms with Crippen molar-refractivity contribution in [1.29, 1.82) is 0 Å². The average Bonchev–Trinajstić information content (AvgIpc) is 2.78. The van der Waals surface area contributed by atoms with E-state index >= 15 is 0 Å². The summed E-state index contributed by atoms with van der Waals surface area (Å²) in [6.07, 6.45) is 0.184. The van der Waals surface area contributed by atoms with Crippen LogP contribution in [0.2, 0.25) is 0 Å². The molecule has 1 aromatic rings. The maximum absolute atomic E-state index is 12.4. The summed E-state index contributed by atoms with van der Waals surface area (Å²) >= 11 is 1.41. The zero-order valence-corrected chi connectivity index (χ0v) is 12.8. The van der Waals surface area contributed by atoms with E-state index < -0.39 is 0 Å². The van der Waals surface area contributed by atoms with Crippen molar-refractivity contribution < 1.29 is 19.1 Å². The zero-order chi connectivity index (χ0) is 15.4. The number of anilines is 1. The molecule has 1 atom stereocenters. The van der Waals surface area contributed by atoms with Gasteiger partial charge < -0.3 is 15.2 Å². The number of carbonyl (C=O) groups is 2. The van der Waals surface area contributed by atoms with Gasteiger partial charge in [0.05, 0.1) is 25.2 Å². The van der Waals surface area contributed by atoms with E-state index in [0.717, 1.165) is 0 Å². The van der Waals surface area contributed by atoms with E-state index in [1.807, 2.05) is 0 Å². The highest BCUT2D eigenvalue weighted by Crippen LogP contribution is 2.37. The van der Waals surface area contributed by atoms with Gasteiger partial charge in [-0.25, -0.2) is 4.90 Å². The Hall–Kier alpha value is -1.73. The molecule has 1 fully saturated rings. The molecule has 1 aliphatic rings. The van der Waals surface area contributed by atoms with Gasteiger partial charge in [-0.05, 0) is 12.1 Å². The number of carbonyl (C=O) groups excluding carboxylic acids is 2. The Kier molecular flexibility index (Phi) is 5.08. The summed E-state index contributed by atoms with van der Waals surface area (Å²) in [6.45, 7) is 0.477. The third-order valence-electron chi connectivity index (χ3n) is 3.17. The lowest BCUT2D eigenvalue weighted by molar-refractivity contribution is -0.121. The van der Waals surface area contributed by atoms with Crippen LogP contribution in [0, 0.1) is 0 Å². The minimum atomic E-state index is -0.378. The Morgan fingerprint density at radius 3 is 2.71 bits per heavy atom. The average molecular weight is 310 g/mol. The first-order valence-electron chi connectivity index (χ1n) is 6.52. The molecule has 2 rings (SSSR count). The third-order valence-corrected chi connectivity index (χ3v) is 4.41. The van der Waals surface area contributed by atoms with E-state index in [-0.39, 0.29) is 23.5 Å². The molecule has 6 nitrogen and oxygen atoms in total. The first-order chi connectivity index (χ1) is 10.1. The van der Waals surface area contributed by atoms with Crippen molar-refractivity contribution in [3.05, 3.63) is 18.2 Å². The minimum Gasteiger partial charge on any atom is -0.497 e. The SMILES string of the molecule is COc1ccc(OC)c(N2C(=O)CC(SCCN)C2=O)c1. The van der Waals surface area contributed by atoms with Crippen molar-refractivity contribution in [2.75, 3.05) is 31.4 Å². The number of hydrogen-bond donors (Lipinski definition) is 1. The van der Waals surface area contributed by atoms with Crippen molar-refractivity contribution >= 4 is 29.3 Å². The van der Waals surface area contributed by atoms with E-state index in [1.165, 1.54) is 30.9 Å². The molecule has 0 spiro atoms. The number of nitrogens with two attached hydrogens (primary N) is 1. The lowest BCUT2D eigenvalue weighted by Crippen LogP contribution is -2.31. The molecule has 114 valence electrons. The van der Waals surface area contributed by atoms with Gasteiger partial charge in [0.15, 0.2) is 0 Å². The van der Waals surface area contributed by atoms with Crippen LogP contribution < -0.4 is 20.1 Å². The predicted molar refractivity (Wildman–Crippen MR) is 82.0 cm³/mol. The first-order valence-corrected chi connectivity index (χ1v) is 7.57. The molecule has 0 radical (unpaired) electrons. The number of imide groups is 1. The molecule has 1 heterocycles. The Balaban J connectivity index is 2.32. The summed E-state index contributed by atoms with van der Waals surface area (Å²) in [6, 6.07) is 5.02. The molecular weight excluding hydrogens is 292 g/mol. The van der Waals surface area contributed by atoms with E-state index in [9.17, 15) is 9.59 Å². The lowest BCUT2D eigenvalue weighted by Gasteiger charge is -2.18. The second kappa shape index (κ2) is 6.82. The second-order valence-corrected chi connectivity index (χ2v) is 5.77. The molecule has 0 bridgehead atoms. The van der Waals surface area contributed by atoms with Crippen LogP contribution in [-0.2, 0) is 9.59 Å². The van der Waals surface area contributed by atoms with Gasteiger partial charge in [-0.3, -0.25) is 9.59 Å². The molecule has 2 N–H and O–H groups in total. The normalized spacial score (nSPS) is 18.2. The number of ether oxygens (including phenoxy) is 2. The molecule has 0 saturated carbocycles. The highest BCUT2D eigenvalue weighted by Gasteiger charge is 2.40. The van der Waals surface area contributed by atoms with Crippen LogP contribution in [0.4, 0.5) is 5.69 Å². The fraction of sp³-hybridized carbons (Fsp3) is 0.429. The topological polar surface area (TPSA) is 81.9 Å². The quantitative estimate of drug-likeness (QED) is 0.790. The van der Waals surface area contributed by atoms with Gasteiger partial charge in [0.1, 0.15) is 11.5 Å². The van der Waals surface area contributed by atoms with Crippen LogP contribution >= 0.6 is 11.8 Å². The van der Waals surface area contributed by atoms with Crippen LogP contribution in [-0.4, -0.2) is 43.6 Å². The van der Waals surface area contributed by atoms with Crippen LogP contribution in [0.5, 0.6) is 11.5 Å². The second-order valence-electron chi connectivity index (χ2n) is 4.46. The van der Waals surface area contributed by atoms with Gasteiger partial charge in [-0.1, -0.05) is 0 Å². The standard InChI is InChI=1S/C14H18N2O4S/c1-19-9-3-4-11(20-2)10(7-9)16-13(17)8-12(14(16)18)21-6-5-15/h3-4,7,12H,5-6,8,15H2,1-2H3. The number of nitrogens with zero attached hydrogens (tertiary/aromatic N) is 1. The maximum Gasteiger partial charge on any atom is 0.247 e. The van der Waals surface area contributed by atoms with Crippen LogP contribution in [0.25, 0.3) is 0 Å². The number of methoxy groups -OCH3 is 2. The van der Waals surface area contributed by atoms with Gasteiger partial charge in [-0.2, -0.15) is 0 Å². The monoisotopic (exact) mass is 310 g/mol. The summed E-state index contributed by atoms with van der Waals surface area (Å²) in [5, 5.41) is -0.378. The Bertz CT molecular complexity index is 550. The van der Waals surface area contributed by atoms with Crippen molar-refractivity contribution in [2.45, 2.75) is 11.7 Å². The fourth-order valence-electron chi connectivity index (χ4n) is 2.17. The molecule has 7 heteroatoms. The van der Waals surface area contributed by atoms with E-state index in [4.69, 9.17) is 15.2 Å². The van der Waals surface area contributed by atoms with Crippen LogP contribution in [0.1, 0.15) is 6.42 Å². The van der Waals surface area contributed by atoms with Crippen LogP contribution in [0.15, 0.2) is 18.2 Å². The number of benzene rings is 1. The molecule has 1 aromatic carbocycles. The summed E-state index contributed by atoms with van der Waals surface area (Å²) < 4.78 is 10.4.